The van der Waals surface area contributed by atoms with E-state index in [-0.39, 0.29) is 11.5 Å². The Hall–Kier alpha value is -2.28. The summed E-state index contributed by atoms with van der Waals surface area (Å²) in [6.45, 7) is 2.05. The summed E-state index contributed by atoms with van der Waals surface area (Å²) in [5.74, 6) is 2.85. The first-order valence-electron chi connectivity index (χ1n) is 10.9. The van der Waals surface area contributed by atoms with Gasteiger partial charge in [0.15, 0.2) is 0 Å². The predicted molar refractivity (Wildman–Crippen MR) is 115 cm³/mol. The number of aromatic carboxylic acids is 1. The quantitative estimate of drug-likeness (QED) is 0.677. The van der Waals surface area contributed by atoms with E-state index in [9.17, 15) is 9.59 Å². The van der Waals surface area contributed by atoms with Gasteiger partial charge in [-0.05, 0) is 85.8 Å². The van der Waals surface area contributed by atoms with Gasteiger partial charge in [0.05, 0.1) is 23.0 Å². The lowest BCUT2D eigenvalue weighted by Gasteiger charge is -2.54. The molecule has 0 radical (unpaired) electrons. The molecule has 6 nitrogen and oxygen atoms in total. The van der Waals surface area contributed by atoms with E-state index >= 15 is 0 Å². The summed E-state index contributed by atoms with van der Waals surface area (Å²) in [5, 5.41) is 17.8. The molecule has 1 aromatic heterocycles. The maximum Gasteiger partial charge on any atom is 0.335 e. The van der Waals surface area contributed by atoms with Crippen molar-refractivity contribution in [3.05, 3.63) is 41.6 Å². The molecule has 0 atom stereocenters. The van der Waals surface area contributed by atoms with Gasteiger partial charge in [0.2, 0.25) is 0 Å². The lowest BCUT2D eigenvalue weighted by atomic mass is 9.54. The van der Waals surface area contributed by atoms with Crippen LogP contribution in [0.1, 0.15) is 59.7 Å². The van der Waals surface area contributed by atoms with Crippen molar-refractivity contribution in [3.63, 3.8) is 0 Å². The Morgan fingerprint density at radius 2 is 1.73 bits per heavy atom. The Labute approximate surface area is 180 Å². The highest BCUT2D eigenvalue weighted by molar-refractivity contribution is 7.99. The Morgan fingerprint density at radius 1 is 1.10 bits per heavy atom. The molecule has 6 rings (SSSR count). The van der Waals surface area contributed by atoms with E-state index in [4.69, 9.17) is 5.11 Å². The standard InChI is InChI=1S/C23H27N3O3S/c1-2-30-22-19(12-24-26(22)18-5-3-15(4-6-18)23(28)29)21(27)25-20-16-8-13-7-14(10-16)11-17(20)9-13/h3-6,12-14,16-17,20H,2,7-11H2,1H3,(H,25,27)(H,28,29). The third-order valence-electron chi connectivity index (χ3n) is 7.13. The molecule has 30 heavy (non-hydrogen) atoms. The average Bonchev–Trinajstić information content (AvgIpc) is 3.14. The molecular formula is C23H27N3O3S. The summed E-state index contributed by atoms with van der Waals surface area (Å²) in [4.78, 5) is 24.4. The third-order valence-corrected chi connectivity index (χ3v) is 8.09. The molecule has 1 aromatic carbocycles. The summed E-state index contributed by atoms with van der Waals surface area (Å²) in [6.07, 6.45) is 8.12. The predicted octanol–water partition coefficient (Wildman–Crippen LogP) is 4.24. The van der Waals surface area contributed by atoms with Crippen molar-refractivity contribution in [2.24, 2.45) is 23.7 Å². The smallest absolute Gasteiger partial charge is 0.335 e. The van der Waals surface area contributed by atoms with E-state index in [0.717, 1.165) is 28.3 Å². The molecule has 4 aliphatic carbocycles. The molecule has 0 spiro atoms. The van der Waals surface area contributed by atoms with Crippen LogP contribution in [0.4, 0.5) is 0 Å². The average molecular weight is 426 g/mol. The van der Waals surface area contributed by atoms with E-state index in [0.29, 0.717) is 23.4 Å². The number of thioether (sulfide) groups is 1. The van der Waals surface area contributed by atoms with Crippen LogP contribution in [0.5, 0.6) is 0 Å². The number of carboxylic acid groups (broad SMARTS) is 1. The van der Waals surface area contributed by atoms with Crippen molar-refractivity contribution in [3.8, 4) is 5.69 Å². The van der Waals surface area contributed by atoms with Crippen molar-refractivity contribution >= 4 is 23.6 Å². The van der Waals surface area contributed by atoms with Crippen LogP contribution in [0.2, 0.25) is 0 Å². The number of carbonyl (C=O) groups excluding carboxylic acids is 1. The van der Waals surface area contributed by atoms with Gasteiger partial charge in [0, 0.05) is 6.04 Å². The number of amides is 1. The van der Waals surface area contributed by atoms with Crippen molar-refractivity contribution in [2.45, 2.75) is 50.1 Å². The maximum atomic E-state index is 13.3. The molecule has 4 saturated carbocycles. The minimum absolute atomic E-state index is 0.0307. The topological polar surface area (TPSA) is 84.2 Å². The van der Waals surface area contributed by atoms with Crippen LogP contribution in [-0.2, 0) is 0 Å². The molecule has 158 valence electrons. The molecular weight excluding hydrogens is 398 g/mol. The van der Waals surface area contributed by atoms with Crippen LogP contribution in [-0.4, -0.2) is 38.6 Å². The Morgan fingerprint density at radius 3 is 2.30 bits per heavy atom. The van der Waals surface area contributed by atoms with E-state index in [1.54, 1.807) is 46.9 Å². The summed E-state index contributed by atoms with van der Waals surface area (Å²) < 4.78 is 1.74. The lowest BCUT2D eigenvalue weighted by molar-refractivity contribution is -0.0120. The van der Waals surface area contributed by atoms with Gasteiger partial charge in [-0.25, -0.2) is 9.48 Å². The minimum atomic E-state index is -0.957. The van der Waals surface area contributed by atoms with E-state index in [2.05, 4.69) is 17.3 Å². The normalized spacial score (nSPS) is 29.2. The van der Waals surface area contributed by atoms with Gasteiger partial charge in [-0.2, -0.15) is 5.10 Å². The van der Waals surface area contributed by atoms with Gasteiger partial charge >= 0.3 is 5.97 Å². The van der Waals surface area contributed by atoms with Gasteiger partial charge in [-0.1, -0.05) is 6.92 Å². The molecule has 0 saturated heterocycles. The fourth-order valence-electron chi connectivity index (χ4n) is 6.09. The molecule has 0 aliphatic heterocycles. The second-order valence-electron chi connectivity index (χ2n) is 8.99. The number of carbonyl (C=O) groups is 2. The van der Waals surface area contributed by atoms with Crippen molar-refractivity contribution in [1.29, 1.82) is 0 Å². The highest BCUT2D eigenvalue weighted by atomic mass is 32.2. The molecule has 4 aliphatic rings. The van der Waals surface area contributed by atoms with E-state index < -0.39 is 5.97 Å². The van der Waals surface area contributed by atoms with E-state index in [1.165, 1.54) is 32.1 Å². The SMILES string of the molecule is CCSc1c(C(=O)NC2C3CC4CC(C3)CC2C4)cnn1-c1ccc(C(=O)O)cc1. The molecule has 2 aromatic rings. The van der Waals surface area contributed by atoms with Crippen LogP contribution in [0.15, 0.2) is 35.5 Å². The zero-order chi connectivity index (χ0) is 20.8. The number of nitrogens with one attached hydrogen (secondary N) is 1. The van der Waals surface area contributed by atoms with Crippen LogP contribution >= 0.6 is 11.8 Å². The first kappa shape index (κ1) is 19.7. The highest BCUT2D eigenvalue weighted by Crippen LogP contribution is 2.53. The maximum absolute atomic E-state index is 13.3. The molecule has 4 fully saturated rings. The van der Waals surface area contributed by atoms with Crippen LogP contribution in [0.25, 0.3) is 5.69 Å². The first-order valence-corrected chi connectivity index (χ1v) is 11.9. The monoisotopic (exact) mass is 425 g/mol. The van der Waals surface area contributed by atoms with Crippen LogP contribution in [0, 0.1) is 23.7 Å². The van der Waals surface area contributed by atoms with Crippen molar-refractivity contribution < 1.29 is 14.7 Å². The van der Waals surface area contributed by atoms with Gasteiger partial charge in [-0.15, -0.1) is 11.8 Å². The second kappa shape index (κ2) is 7.76. The van der Waals surface area contributed by atoms with E-state index in [1.807, 2.05) is 0 Å². The fourth-order valence-corrected chi connectivity index (χ4v) is 6.94. The number of rotatable bonds is 6. The van der Waals surface area contributed by atoms with Crippen molar-refractivity contribution in [2.75, 3.05) is 5.75 Å². The number of nitrogens with zero attached hydrogens (tertiary/aromatic N) is 2. The molecule has 7 heteroatoms. The zero-order valence-electron chi connectivity index (χ0n) is 17.1. The number of hydrogen-bond donors (Lipinski definition) is 2. The second-order valence-corrected chi connectivity index (χ2v) is 10.2. The molecule has 2 N–H and O–H groups in total. The molecule has 1 amide bonds. The number of hydrogen-bond acceptors (Lipinski definition) is 4. The van der Waals surface area contributed by atoms with Gasteiger partial charge in [0.25, 0.3) is 5.91 Å². The Kier molecular flexibility index (Phi) is 5.09. The Balaban J connectivity index is 1.39. The van der Waals surface area contributed by atoms with Crippen molar-refractivity contribution in [1.82, 2.24) is 15.1 Å². The lowest BCUT2D eigenvalue weighted by Crippen LogP contribution is -2.55. The summed E-state index contributed by atoms with van der Waals surface area (Å²) in [7, 11) is 0. The molecule has 1 heterocycles. The Bertz CT molecular complexity index is 941. The summed E-state index contributed by atoms with van der Waals surface area (Å²) >= 11 is 1.58. The van der Waals surface area contributed by atoms with Gasteiger partial charge in [0.1, 0.15) is 5.03 Å². The zero-order valence-corrected chi connectivity index (χ0v) is 17.9. The van der Waals surface area contributed by atoms with Crippen LogP contribution < -0.4 is 5.32 Å². The molecule has 0 unspecified atom stereocenters. The number of aromatic nitrogens is 2. The molecule has 4 bridgehead atoms. The van der Waals surface area contributed by atoms with Crippen LogP contribution in [0.3, 0.4) is 0 Å². The van der Waals surface area contributed by atoms with Gasteiger partial charge in [-0.3, -0.25) is 4.79 Å². The largest absolute Gasteiger partial charge is 0.478 e. The number of carboxylic acids is 1. The summed E-state index contributed by atoms with van der Waals surface area (Å²) in [5.41, 5.74) is 1.60. The minimum Gasteiger partial charge on any atom is -0.478 e. The summed E-state index contributed by atoms with van der Waals surface area (Å²) in [6, 6.07) is 6.89. The highest BCUT2D eigenvalue weighted by Gasteiger charge is 2.48. The fraction of sp³-hybridized carbons (Fsp3) is 0.522. The third kappa shape index (κ3) is 3.43. The number of benzene rings is 1. The first-order chi connectivity index (χ1) is 14.5. The van der Waals surface area contributed by atoms with Gasteiger partial charge < -0.3 is 10.4 Å².